The van der Waals surface area contributed by atoms with E-state index in [9.17, 15) is 21.6 Å². The molecular weight excluding hydrogens is 435 g/mol. The highest BCUT2D eigenvalue weighted by Gasteiger charge is 2.31. The molecule has 1 N–H and O–H groups in total. The molecule has 31 heavy (non-hydrogen) atoms. The maximum Gasteiger partial charge on any atom is 0.573 e. The molecule has 0 fully saturated rings. The summed E-state index contributed by atoms with van der Waals surface area (Å²) in [4.78, 5) is 5.29. The predicted octanol–water partition coefficient (Wildman–Crippen LogP) is 3.46. The summed E-state index contributed by atoms with van der Waals surface area (Å²) in [6.45, 7) is 0.533. The van der Waals surface area contributed by atoms with Gasteiger partial charge in [-0.2, -0.15) is 9.57 Å². The van der Waals surface area contributed by atoms with Gasteiger partial charge in [0.15, 0.2) is 0 Å². The predicted molar refractivity (Wildman–Crippen MR) is 104 cm³/mol. The van der Waals surface area contributed by atoms with Gasteiger partial charge in [-0.25, -0.2) is 8.42 Å². The molecule has 0 aliphatic carbocycles. The SMILES string of the molecule is N#Cc1ccc(CONC2=CCN(S(=O)(=O)c3ccc(OC(F)(F)F)cc3)CC2)cc1. The Morgan fingerprint density at radius 3 is 2.32 bits per heavy atom. The average Bonchev–Trinajstić information content (AvgIpc) is 2.74. The number of halogens is 3. The van der Waals surface area contributed by atoms with Crippen LogP contribution in [0.1, 0.15) is 17.5 Å². The fourth-order valence-corrected chi connectivity index (χ4v) is 4.19. The molecular formula is C20H18F3N3O4S. The minimum Gasteiger partial charge on any atom is -0.406 e. The van der Waals surface area contributed by atoms with Crippen LogP contribution in [0.3, 0.4) is 0 Å². The number of nitrogens with zero attached hydrogens (tertiary/aromatic N) is 2. The van der Waals surface area contributed by atoms with E-state index in [1.165, 1.54) is 4.31 Å². The van der Waals surface area contributed by atoms with Crippen molar-refractivity contribution in [3.8, 4) is 11.8 Å². The number of hydrogen-bond donors (Lipinski definition) is 1. The molecule has 0 bridgehead atoms. The van der Waals surface area contributed by atoms with Crippen LogP contribution in [0.5, 0.6) is 5.75 Å². The summed E-state index contributed by atoms with van der Waals surface area (Å²) in [5, 5.41) is 8.78. The Morgan fingerprint density at radius 2 is 1.77 bits per heavy atom. The summed E-state index contributed by atoms with van der Waals surface area (Å²) in [6, 6.07) is 13.0. The molecule has 1 aliphatic rings. The van der Waals surface area contributed by atoms with E-state index in [4.69, 9.17) is 10.1 Å². The number of rotatable bonds is 7. The Morgan fingerprint density at radius 1 is 1.10 bits per heavy atom. The number of benzene rings is 2. The molecule has 2 aromatic rings. The molecule has 3 rings (SSSR count). The van der Waals surface area contributed by atoms with Gasteiger partial charge in [0.1, 0.15) is 5.75 Å². The standard InChI is InChI=1S/C20H18F3N3O4S/c21-20(22,23)30-18-5-7-19(8-6-18)31(27,28)26-11-9-17(10-12-26)25-29-14-16-3-1-15(13-24)2-4-16/h1-9,25H,10-12,14H2. The molecule has 7 nitrogen and oxygen atoms in total. The minimum absolute atomic E-state index is 0.0890. The first-order valence-electron chi connectivity index (χ1n) is 9.09. The first kappa shape index (κ1) is 22.6. The zero-order valence-electron chi connectivity index (χ0n) is 16.1. The van der Waals surface area contributed by atoms with Crippen molar-refractivity contribution in [2.45, 2.75) is 24.3 Å². The maximum atomic E-state index is 12.7. The van der Waals surface area contributed by atoms with Crippen molar-refractivity contribution < 1.29 is 31.2 Å². The molecule has 0 spiro atoms. The number of sulfonamides is 1. The zero-order valence-corrected chi connectivity index (χ0v) is 16.9. The number of hydrogen-bond acceptors (Lipinski definition) is 6. The van der Waals surface area contributed by atoms with Crippen LogP contribution in [0.4, 0.5) is 13.2 Å². The lowest BCUT2D eigenvalue weighted by Crippen LogP contribution is -2.36. The first-order chi connectivity index (χ1) is 14.7. The molecule has 0 saturated heterocycles. The Kier molecular flexibility index (Phi) is 6.84. The molecule has 1 aliphatic heterocycles. The molecule has 0 saturated carbocycles. The third-order valence-corrected chi connectivity index (χ3v) is 6.27. The summed E-state index contributed by atoms with van der Waals surface area (Å²) >= 11 is 0. The van der Waals surface area contributed by atoms with Crippen LogP contribution in [0.15, 0.2) is 65.2 Å². The van der Waals surface area contributed by atoms with Gasteiger partial charge in [-0.3, -0.25) is 10.3 Å². The smallest absolute Gasteiger partial charge is 0.406 e. The van der Waals surface area contributed by atoms with Crippen molar-refractivity contribution in [2.24, 2.45) is 0 Å². The van der Waals surface area contributed by atoms with E-state index in [2.05, 4.69) is 10.2 Å². The van der Waals surface area contributed by atoms with E-state index in [0.29, 0.717) is 17.7 Å². The van der Waals surface area contributed by atoms with Gasteiger partial charge >= 0.3 is 6.36 Å². The van der Waals surface area contributed by atoms with Gasteiger partial charge in [-0.15, -0.1) is 13.2 Å². The lowest BCUT2D eigenvalue weighted by atomic mass is 10.2. The van der Waals surface area contributed by atoms with Crippen molar-refractivity contribution in [1.82, 2.24) is 9.79 Å². The Balaban J connectivity index is 1.54. The summed E-state index contributed by atoms with van der Waals surface area (Å²) in [7, 11) is -3.86. The quantitative estimate of drug-likeness (QED) is 0.646. The second-order valence-electron chi connectivity index (χ2n) is 6.56. The topological polar surface area (TPSA) is 91.7 Å². The van der Waals surface area contributed by atoms with Gasteiger partial charge in [-0.1, -0.05) is 12.1 Å². The highest BCUT2D eigenvalue weighted by atomic mass is 32.2. The zero-order chi connectivity index (χ0) is 22.5. The molecule has 0 atom stereocenters. The van der Waals surface area contributed by atoms with Crippen LogP contribution < -0.4 is 10.2 Å². The molecule has 2 aromatic carbocycles. The van der Waals surface area contributed by atoms with Crippen LogP contribution in [0.25, 0.3) is 0 Å². The normalized spacial score (nSPS) is 15.1. The summed E-state index contributed by atoms with van der Waals surface area (Å²) in [5.41, 5.74) is 4.93. The van der Waals surface area contributed by atoms with Crippen LogP contribution in [0, 0.1) is 11.3 Å². The van der Waals surface area contributed by atoms with Crippen LogP contribution in [-0.2, 0) is 21.5 Å². The van der Waals surface area contributed by atoms with E-state index in [0.717, 1.165) is 29.8 Å². The second kappa shape index (κ2) is 9.38. The highest BCUT2D eigenvalue weighted by molar-refractivity contribution is 7.89. The highest BCUT2D eigenvalue weighted by Crippen LogP contribution is 2.26. The van der Waals surface area contributed by atoms with Gasteiger partial charge in [0.2, 0.25) is 10.0 Å². The summed E-state index contributed by atoms with van der Waals surface area (Å²) in [5.74, 6) is -0.490. The van der Waals surface area contributed by atoms with Gasteiger partial charge in [0.25, 0.3) is 0 Å². The van der Waals surface area contributed by atoms with Crippen LogP contribution >= 0.6 is 0 Å². The van der Waals surface area contributed by atoms with Crippen molar-refractivity contribution in [3.05, 3.63) is 71.4 Å². The summed E-state index contributed by atoms with van der Waals surface area (Å²) in [6.07, 6.45) is -2.80. The number of hydroxylamine groups is 1. The molecule has 164 valence electrons. The van der Waals surface area contributed by atoms with Crippen LogP contribution in [-0.4, -0.2) is 32.2 Å². The molecule has 0 aromatic heterocycles. The number of alkyl halides is 3. The third kappa shape index (κ3) is 6.21. The Labute approximate surface area is 177 Å². The van der Waals surface area contributed by atoms with E-state index in [1.54, 1.807) is 30.3 Å². The number of nitrogens with one attached hydrogen (secondary N) is 1. The van der Waals surface area contributed by atoms with E-state index < -0.39 is 22.1 Å². The largest absolute Gasteiger partial charge is 0.573 e. The lowest BCUT2D eigenvalue weighted by Gasteiger charge is -2.26. The number of nitriles is 1. The molecule has 0 unspecified atom stereocenters. The second-order valence-corrected chi connectivity index (χ2v) is 8.50. The lowest BCUT2D eigenvalue weighted by molar-refractivity contribution is -0.274. The molecule has 0 amide bonds. The van der Waals surface area contributed by atoms with Crippen LogP contribution in [0.2, 0.25) is 0 Å². The van der Waals surface area contributed by atoms with E-state index in [1.807, 2.05) is 6.07 Å². The van der Waals surface area contributed by atoms with Gasteiger partial charge in [0.05, 0.1) is 23.1 Å². The van der Waals surface area contributed by atoms with Crippen molar-refractivity contribution in [1.29, 1.82) is 5.26 Å². The number of ether oxygens (including phenoxy) is 1. The maximum absolute atomic E-state index is 12.7. The fourth-order valence-electron chi connectivity index (χ4n) is 2.81. The molecule has 1 heterocycles. The Bertz CT molecular complexity index is 1080. The van der Waals surface area contributed by atoms with Gasteiger partial charge < -0.3 is 4.74 Å². The first-order valence-corrected chi connectivity index (χ1v) is 10.5. The van der Waals surface area contributed by atoms with Gasteiger partial charge in [-0.05, 0) is 48.0 Å². The Hall–Kier alpha value is -3.07. The van der Waals surface area contributed by atoms with Crippen molar-refractivity contribution >= 4 is 10.0 Å². The third-order valence-electron chi connectivity index (χ3n) is 4.39. The van der Waals surface area contributed by atoms with Crippen molar-refractivity contribution in [3.63, 3.8) is 0 Å². The van der Waals surface area contributed by atoms with E-state index in [-0.39, 0.29) is 24.6 Å². The van der Waals surface area contributed by atoms with E-state index >= 15 is 0 Å². The summed E-state index contributed by atoms with van der Waals surface area (Å²) < 4.78 is 67.1. The molecule has 11 heteroatoms. The van der Waals surface area contributed by atoms with Gasteiger partial charge in [0, 0.05) is 25.2 Å². The monoisotopic (exact) mass is 453 g/mol. The molecule has 0 radical (unpaired) electrons. The fraction of sp³-hybridized carbons (Fsp3) is 0.250. The van der Waals surface area contributed by atoms with Crippen molar-refractivity contribution in [2.75, 3.05) is 13.1 Å². The average molecular weight is 453 g/mol. The minimum atomic E-state index is -4.84.